The van der Waals surface area contributed by atoms with Crippen LogP contribution >= 0.6 is 0 Å². The predicted molar refractivity (Wildman–Crippen MR) is 138 cm³/mol. The zero-order valence-electron chi connectivity index (χ0n) is 21.7. The van der Waals surface area contributed by atoms with Crippen LogP contribution in [0.5, 0.6) is 17.4 Å². The third kappa shape index (κ3) is 6.05. The Morgan fingerprint density at radius 2 is 1.68 bits per heavy atom. The Morgan fingerprint density at radius 1 is 1.05 bits per heavy atom. The summed E-state index contributed by atoms with van der Waals surface area (Å²) < 4.78 is 39.5. The summed E-state index contributed by atoms with van der Waals surface area (Å²) in [5.74, 6) is -0.661. The minimum absolute atomic E-state index is 0.0593. The topological polar surface area (TPSA) is 138 Å². The molecular formula is C26H29N3O7S. The van der Waals surface area contributed by atoms with Crippen molar-refractivity contribution in [1.29, 1.82) is 0 Å². The monoisotopic (exact) mass is 527 g/mol. The van der Waals surface area contributed by atoms with Crippen molar-refractivity contribution in [3.05, 3.63) is 80.5 Å². The van der Waals surface area contributed by atoms with Crippen LogP contribution in [0.1, 0.15) is 53.5 Å². The largest absolute Gasteiger partial charge is 0.496 e. The Labute approximate surface area is 215 Å². The maximum Gasteiger partial charge on any atom is 0.274 e. The van der Waals surface area contributed by atoms with Gasteiger partial charge in [-0.15, -0.1) is 0 Å². The van der Waals surface area contributed by atoms with E-state index in [4.69, 9.17) is 9.47 Å². The molecule has 37 heavy (non-hydrogen) atoms. The average molecular weight is 528 g/mol. The van der Waals surface area contributed by atoms with Gasteiger partial charge in [0.05, 0.1) is 22.6 Å². The fraction of sp³-hybridized carbons (Fsp3) is 0.308. The van der Waals surface area contributed by atoms with Crippen molar-refractivity contribution in [3.63, 3.8) is 0 Å². The van der Waals surface area contributed by atoms with Crippen molar-refractivity contribution in [2.24, 2.45) is 0 Å². The summed E-state index contributed by atoms with van der Waals surface area (Å²) in [6.07, 6.45) is 0. The summed E-state index contributed by atoms with van der Waals surface area (Å²) in [5.41, 5.74) is 2.07. The number of aromatic nitrogens is 1. The summed E-state index contributed by atoms with van der Waals surface area (Å²) in [7, 11) is -3.13. The highest BCUT2D eigenvalue weighted by atomic mass is 32.2. The van der Waals surface area contributed by atoms with Crippen molar-refractivity contribution in [2.45, 2.75) is 51.9 Å². The fourth-order valence-electron chi connectivity index (χ4n) is 3.75. The molecule has 0 aliphatic heterocycles. The molecule has 0 aliphatic carbocycles. The van der Waals surface area contributed by atoms with Crippen molar-refractivity contribution in [3.8, 4) is 17.4 Å². The number of nitrogens with zero attached hydrogens (tertiary/aromatic N) is 2. The van der Waals surface area contributed by atoms with Gasteiger partial charge in [-0.3, -0.25) is 14.9 Å². The van der Waals surface area contributed by atoms with Crippen LogP contribution in [-0.2, 0) is 15.4 Å². The summed E-state index contributed by atoms with van der Waals surface area (Å²) >= 11 is 0. The first-order valence-electron chi connectivity index (χ1n) is 11.3. The first kappa shape index (κ1) is 27.6. The molecule has 0 unspecified atom stereocenters. The van der Waals surface area contributed by atoms with Crippen molar-refractivity contribution in [1.82, 2.24) is 9.71 Å². The highest BCUT2D eigenvalue weighted by Gasteiger charge is 2.30. The number of amides is 1. The maximum absolute atomic E-state index is 13.4. The maximum atomic E-state index is 13.4. The van der Waals surface area contributed by atoms with E-state index in [1.54, 1.807) is 6.07 Å². The minimum atomic E-state index is -4.48. The number of benzene rings is 2. The van der Waals surface area contributed by atoms with E-state index in [9.17, 15) is 23.3 Å². The molecule has 196 valence electrons. The second-order valence-electron chi connectivity index (χ2n) is 9.66. The Bertz CT molecular complexity index is 1470. The number of nitrogens with one attached hydrogen (secondary N) is 1. The van der Waals surface area contributed by atoms with Gasteiger partial charge in [0, 0.05) is 23.6 Å². The standard InChI is InChI=1S/C26H29N3O7S/c1-15-11-16(2)23(17(3)12-15)36-25-22(20(35-7)14-21(27-25)26(4,5)6)24(30)28-37(33,34)19-10-8-9-18(13-19)29(31)32/h8-14H,1-7H3,(H,28,30). The summed E-state index contributed by atoms with van der Waals surface area (Å²) in [6.45, 7) is 11.4. The third-order valence-electron chi connectivity index (χ3n) is 5.53. The zero-order valence-corrected chi connectivity index (χ0v) is 22.5. The van der Waals surface area contributed by atoms with Gasteiger partial charge in [-0.25, -0.2) is 18.1 Å². The molecule has 0 fully saturated rings. The van der Waals surface area contributed by atoms with Gasteiger partial charge >= 0.3 is 0 Å². The van der Waals surface area contributed by atoms with Gasteiger partial charge in [0.15, 0.2) is 0 Å². The highest BCUT2D eigenvalue weighted by Crippen LogP contribution is 2.37. The van der Waals surface area contributed by atoms with E-state index in [-0.39, 0.29) is 17.2 Å². The number of hydrogen-bond acceptors (Lipinski definition) is 8. The normalized spacial score (nSPS) is 11.6. The Balaban J connectivity index is 2.15. The van der Waals surface area contributed by atoms with Gasteiger partial charge in [-0.05, 0) is 38.0 Å². The lowest BCUT2D eigenvalue weighted by Crippen LogP contribution is -2.31. The fourth-order valence-corrected chi connectivity index (χ4v) is 4.75. The average Bonchev–Trinajstić information content (AvgIpc) is 2.79. The molecule has 2 aromatic carbocycles. The molecule has 0 aliphatic rings. The Hall–Kier alpha value is -3.99. The van der Waals surface area contributed by atoms with Crippen LogP contribution in [0, 0.1) is 30.9 Å². The van der Waals surface area contributed by atoms with Crippen molar-refractivity contribution >= 4 is 21.6 Å². The van der Waals surface area contributed by atoms with Gasteiger partial charge in [0.25, 0.3) is 21.6 Å². The molecule has 0 spiro atoms. The van der Waals surface area contributed by atoms with Gasteiger partial charge in [-0.2, -0.15) is 0 Å². The lowest BCUT2D eigenvalue weighted by molar-refractivity contribution is -0.385. The molecule has 1 aromatic heterocycles. The zero-order chi connectivity index (χ0) is 27.7. The first-order chi connectivity index (χ1) is 17.1. The number of non-ortho nitro benzene ring substituents is 1. The minimum Gasteiger partial charge on any atom is -0.496 e. The van der Waals surface area contributed by atoms with Crippen molar-refractivity contribution in [2.75, 3.05) is 7.11 Å². The number of nitro benzene ring substituents is 1. The summed E-state index contributed by atoms with van der Waals surface area (Å²) in [6, 6.07) is 9.77. The number of rotatable bonds is 7. The van der Waals surface area contributed by atoms with Crippen LogP contribution in [0.3, 0.4) is 0 Å². The van der Waals surface area contributed by atoms with E-state index < -0.39 is 36.9 Å². The number of ether oxygens (including phenoxy) is 2. The van der Waals surface area contributed by atoms with E-state index >= 15 is 0 Å². The molecule has 3 aromatic rings. The van der Waals surface area contributed by atoms with Gasteiger partial charge in [0.2, 0.25) is 5.88 Å². The molecule has 0 saturated carbocycles. The van der Waals surface area contributed by atoms with E-state index in [2.05, 4.69) is 4.98 Å². The van der Waals surface area contributed by atoms with Gasteiger partial charge in [-0.1, -0.05) is 44.5 Å². The highest BCUT2D eigenvalue weighted by molar-refractivity contribution is 7.90. The van der Waals surface area contributed by atoms with Gasteiger partial charge in [0.1, 0.15) is 17.1 Å². The quantitative estimate of drug-likeness (QED) is 0.330. The molecule has 0 radical (unpaired) electrons. The second-order valence-corrected chi connectivity index (χ2v) is 11.3. The van der Waals surface area contributed by atoms with Crippen LogP contribution in [0.25, 0.3) is 0 Å². The number of pyridine rings is 1. The predicted octanol–water partition coefficient (Wildman–Crippen LogP) is 5.13. The molecule has 0 bridgehead atoms. The second kappa shape index (κ2) is 10.2. The molecule has 0 saturated heterocycles. The SMILES string of the molecule is COc1cc(C(C)(C)C)nc(Oc2c(C)cc(C)cc2C)c1C(=O)NS(=O)(=O)c1cccc([N+](=O)[O-])c1. The number of carbonyl (C=O) groups excluding carboxylic acids is 1. The molecule has 0 atom stereocenters. The summed E-state index contributed by atoms with van der Waals surface area (Å²) in [4.78, 5) is 27.9. The van der Waals surface area contributed by atoms with Crippen LogP contribution in [0.2, 0.25) is 0 Å². The molecule has 1 heterocycles. The van der Waals surface area contributed by atoms with Crippen LogP contribution in [-0.4, -0.2) is 31.3 Å². The Morgan fingerprint density at radius 3 is 2.22 bits per heavy atom. The van der Waals surface area contributed by atoms with Gasteiger partial charge < -0.3 is 9.47 Å². The molecular weight excluding hydrogens is 498 g/mol. The van der Waals surface area contributed by atoms with E-state index in [0.29, 0.717) is 11.4 Å². The van der Waals surface area contributed by atoms with Crippen LogP contribution in [0.15, 0.2) is 47.4 Å². The molecule has 10 nitrogen and oxygen atoms in total. The number of methoxy groups -OCH3 is 1. The first-order valence-corrected chi connectivity index (χ1v) is 12.8. The van der Waals surface area contributed by atoms with E-state index in [0.717, 1.165) is 34.9 Å². The Kier molecular flexibility index (Phi) is 7.59. The lowest BCUT2D eigenvalue weighted by Gasteiger charge is -2.22. The molecule has 1 amide bonds. The smallest absolute Gasteiger partial charge is 0.274 e. The number of carbonyl (C=O) groups is 1. The third-order valence-corrected chi connectivity index (χ3v) is 6.86. The number of nitro groups is 1. The van der Waals surface area contributed by atoms with Crippen molar-refractivity contribution < 1.29 is 27.6 Å². The number of aryl methyl sites for hydroxylation is 3. The molecule has 11 heteroatoms. The number of hydrogen-bond donors (Lipinski definition) is 1. The van der Waals surface area contributed by atoms with E-state index in [1.165, 1.54) is 13.2 Å². The lowest BCUT2D eigenvalue weighted by atomic mass is 9.91. The van der Waals surface area contributed by atoms with Crippen LogP contribution in [0.4, 0.5) is 5.69 Å². The number of sulfonamides is 1. The summed E-state index contributed by atoms with van der Waals surface area (Å²) in [5, 5.41) is 11.1. The van der Waals surface area contributed by atoms with Crippen LogP contribution < -0.4 is 14.2 Å². The molecule has 1 N–H and O–H groups in total. The van der Waals surface area contributed by atoms with E-state index in [1.807, 2.05) is 58.4 Å². The molecule has 3 rings (SSSR count).